The first kappa shape index (κ1) is 23.2. The molecule has 2 amide bonds. The third-order valence-electron chi connectivity index (χ3n) is 5.43. The van der Waals surface area contributed by atoms with E-state index in [1.54, 1.807) is 12.1 Å². The number of pyridine rings is 1. The molecule has 0 saturated heterocycles. The van der Waals surface area contributed by atoms with Crippen LogP contribution in [-0.2, 0) is 12.8 Å². The Morgan fingerprint density at radius 1 is 0.719 bits per heavy atom. The monoisotopic (exact) mass is 429 g/mol. The van der Waals surface area contributed by atoms with Crippen molar-refractivity contribution in [2.75, 3.05) is 0 Å². The Morgan fingerprint density at radius 3 is 1.69 bits per heavy atom. The molecule has 0 aliphatic carbocycles. The second-order valence-corrected chi connectivity index (χ2v) is 8.23. The molecule has 166 valence electrons. The van der Waals surface area contributed by atoms with E-state index in [0.29, 0.717) is 11.3 Å². The summed E-state index contributed by atoms with van der Waals surface area (Å²) in [6.45, 7) is 3.98. The van der Waals surface area contributed by atoms with Crippen molar-refractivity contribution in [2.45, 2.75) is 51.6 Å². The average molecular weight is 430 g/mol. The number of hydrogen-bond acceptors (Lipinski definition) is 3. The van der Waals surface area contributed by atoms with Crippen LogP contribution in [0, 0.1) is 0 Å². The van der Waals surface area contributed by atoms with E-state index in [2.05, 4.69) is 39.9 Å². The van der Waals surface area contributed by atoms with Crippen molar-refractivity contribution in [2.24, 2.45) is 0 Å². The molecule has 1 aromatic heterocycles. The van der Waals surface area contributed by atoms with Gasteiger partial charge >= 0.3 is 0 Å². The van der Waals surface area contributed by atoms with Crippen LogP contribution >= 0.6 is 0 Å². The van der Waals surface area contributed by atoms with Crippen molar-refractivity contribution >= 4 is 11.8 Å². The van der Waals surface area contributed by atoms with E-state index in [4.69, 9.17) is 0 Å². The molecule has 0 fully saturated rings. The number of rotatable bonds is 10. The molecule has 5 heteroatoms. The normalized spacial score (nSPS) is 12.6. The van der Waals surface area contributed by atoms with Gasteiger partial charge in [-0.25, -0.2) is 0 Å². The van der Waals surface area contributed by atoms with Gasteiger partial charge < -0.3 is 10.6 Å². The van der Waals surface area contributed by atoms with Gasteiger partial charge in [0.25, 0.3) is 11.8 Å². The molecule has 0 radical (unpaired) electrons. The predicted octanol–water partition coefficient (Wildman–Crippen LogP) is 4.58. The Hall–Kier alpha value is -3.47. The molecule has 3 rings (SSSR count). The predicted molar refractivity (Wildman–Crippen MR) is 128 cm³/mol. The van der Waals surface area contributed by atoms with Crippen molar-refractivity contribution in [1.29, 1.82) is 0 Å². The van der Waals surface area contributed by atoms with Crippen LogP contribution < -0.4 is 10.6 Å². The highest BCUT2D eigenvalue weighted by atomic mass is 16.2. The lowest BCUT2D eigenvalue weighted by Crippen LogP contribution is -2.34. The third kappa shape index (κ3) is 7.34. The molecule has 0 spiro atoms. The first-order valence-corrected chi connectivity index (χ1v) is 11.2. The van der Waals surface area contributed by atoms with Gasteiger partial charge in [-0.2, -0.15) is 0 Å². The fourth-order valence-electron chi connectivity index (χ4n) is 3.47. The molecule has 5 nitrogen and oxygen atoms in total. The van der Waals surface area contributed by atoms with Crippen LogP contribution in [0.4, 0.5) is 0 Å². The van der Waals surface area contributed by atoms with Gasteiger partial charge in [0.2, 0.25) is 0 Å². The number of nitrogens with one attached hydrogen (secondary N) is 2. The van der Waals surface area contributed by atoms with E-state index in [9.17, 15) is 9.59 Å². The van der Waals surface area contributed by atoms with Crippen LogP contribution in [0.3, 0.4) is 0 Å². The number of benzene rings is 2. The lowest BCUT2D eigenvalue weighted by Gasteiger charge is -2.15. The lowest BCUT2D eigenvalue weighted by atomic mass is 10.1. The van der Waals surface area contributed by atoms with E-state index in [-0.39, 0.29) is 23.9 Å². The minimum atomic E-state index is -0.228. The zero-order chi connectivity index (χ0) is 22.8. The Morgan fingerprint density at radius 2 is 1.22 bits per heavy atom. The molecule has 3 aromatic rings. The number of aryl methyl sites for hydroxylation is 2. The van der Waals surface area contributed by atoms with Crippen LogP contribution in [0.5, 0.6) is 0 Å². The molecule has 1 heterocycles. The van der Waals surface area contributed by atoms with E-state index in [0.717, 1.165) is 25.7 Å². The fourth-order valence-corrected chi connectivity index (χ4v) is 3.47. The Bertz CT molecular complexity index is 906. The number of carbonyl (C=O) groups excluding carboxylic acids is 2. The minimum Gasteiger partial charge on any atom is -0.350 e. The maximum Gasteiger partial charge on any atom is 0.270 e. The third-order valence-corrected chi connectivity index (χ3v) is 5.43. The van der Waals surface area contributed by atoms with Gasteiger partial charge in [0.1, 0.15) is 5.69 Å². The lowest BCUT2D eigenvalue weighted by molar-refractivity contribution is 0.0922. The highest BCUT2D eigenvalue weighted by Gasteiger charge is 2.14. The molecule has 32 heavy (non-hydrogen) atoms. The summed E-state index contributed by atoms with van der Waals surface area (Å²) in [7, 11) is 0. The number of nitrogens with zero attached hydrogens (tertiary/aromatic N) is 1. The summed E-state index contributed by atoms with van der Waals surface area (Å²) in [5, 5.41) is 5.98. The largest absolute Gasteiger partial charge is 0.350 e. The van der Waals surface area contributed by atoms with E-state index < -0.39 is 0 Å². The molecule has 2 N–H and O–H groups in total. The Balaban J connectivity index is 1.44. The number of amides is 2. The van der Waals surface area contributed by atoms with Crippen molar-refractivity contribution in [3.63, 3.8) is 0 Å². The SMILES string of the molecule is C[C@H](CCc1ccccc1)NC(=O)c1ccc(C(=O)N[C@@H](C)CCc2ccccc2)cn1. The number of carbonyl (C=O) groups is 2. The van der Waals surface area contributed by atoms with Gasteiger partial charge in [-0.05, 0) is 62.8 Å². The summed E-state index contributed by atoms with van der Waals surface area (Å²) in [6, 6.07) is 23.7. The summed E-state index contributed by atoms with van der Waals surface area (Å²) >= 11 is 0. The van der Waals surface area contributed by atoms with Crippen LogP contribution in [0.2, 0.25) is 0 Å². The van der Waals surface area contributed by atoms with Gasteiger partial charge in [0.15, 0.2) is 0 Å². The molecule has 0 unspecified atom stereocenters. The molecule has 2 atom stereocenters. The smallest absolute Gasteiger partial charge is 0.270 e. The first-order chi connectivity index (χ1) is 15.5. The second kappa shape index (κ2) is 11.8. The molecular formula is C27H31N3O2. The molecular weight excluding hydrogens is 398 g/mol. The molecule has 0 aliphatic rings. The van der Waals surface area contributed by atoms with Crippen molar-refractivity contribution < 1.29 is 9.59 Å². The van der Waals surface area contributed by atoms with Crippen molar-refractivity contribution in [1.82, 2.24) is 15.6 Å². The van der Waals surface area contributed by atoms with Gasteiger partial charge in [0, 0.05) is 18.3 Å². The maximum absolute atomic E-state index is 12.5. The summed E-state index contributed by atoms with van der Waals surface area (Å²) < 4.78 is 0. The van der Waals surface area contributed by atoms with E-state index in [1.165, 1.54) is 17.3 Å². The molecule has 2 aromatic carbocycles. The highest BCUT2D eigenvalue weighted by molar-refractivity contribution is 5.96. The van der Waals surface area contributed by atoms with Crippen LogP contribution in [0.25, 0.3) is 0 Å². The topological polar surface area (TPSA) is 71.1 Å². The zero-order valence-electron chi connectivity index (χ0n) is 18.8. The molecule has 0 bridgehead atoms. The maximum atomic E-state index is 12.5. The van der Waals surface area contributed by atoms with Crippen molar-refractivity contribution in [3.05, 3.63) is 101 Å². The average Bonchev–Trinajstić information content (AvgIpc) is 2.83. The van der Waals surface area contributed by atoms with Crippen LogP contribution in [0.15, 0.2) is 79.0 Å². The molecule has 0 saturated carbocycles. The first-order valence-electron chi connectivity index (χ1n) is 11.2. The Kier molecular flexibility index (Phi) is 8.55. The zero-order valence-corrected chi connectivity index (χ0v) is 18.8. The van der Waals surface area contributed by atoms with E-state index >= 15 is 0 Å². The van der Waals surface area contributed by atoms with Crippen LogP contribution in [-0.4, -0.2) is 28.9 Å². The Labute approximate surface area is 190 Å². The second-order valence-electron chi connectivity index (χ2n) is 8.23. The fraction of sp³-hybridized carbons (Fsp3) is 0.296. The standard InChI is InChI=1S/C27H31N3O2/c1-20(13-15-22-9-5-3-6-10-22)29-26(31)24-17-18-25(28-19-24)27(32)30-21(2)14-16-23-11-7-4-8-12-23/h3-12,17-21H,13-16H2,1-2H3,(H,29,31)(H,30,32)/t20-,21+/m0/s1. The summed E-state index contributed by atoms with van der Waals surface area (Å²) in [4.78, 5) is 29.2. The number of hydrogen-bond donors (Lipinski definition) is 2. The van der Waals surface area contributed by atoms with Gasteiger partial charge in [-0.3, -0.25) is 14.6 Å². The number of aromatic nitrogens is 1. The van der Waals surface area contributed by atoms with Gasteiger partial charge in [-0.15, -0.1) is 0 Å². The van der Waals surface area contributed by atoms with Crippen LogP contribution in [0.1, 0.15) is 58.7 Å². The highest BCUT2D eigenvalue weighted by Crippen LogP contribution is 2.08. The van der Waals surface area contributed by atoms with Gasteiger partial charge in [0.05, 0.1) is 5.56 Å². The van der Waals surface area contributed by atoms with E-state index in [1.807, 2.05) is 50.2 Å². The van der Waals surface area contributed by atoms with Gasteiger partial charge in [-0.1, -0.05) is 60.7 Å². The summed E-state index contributed by atoms with van der Waals surface area (Å²) in [5.74, 6) is -0.407. The van der Waals surface area contributed by atoms with Crippen molar-refractivity contribution in [3.8, 4) is 0 Å². The molecule has 0 aliphatic heterocycles. The summed E-state index contributed by atoms with van der Waals surface area (Å²) in [6.07, 6.45) is 4.96. The summed E-state index contributed by atoms with van der Waals surface area (Å²) in [5.41, 5.74) is 3.26. The quantitative estimate of drug-likeness (QED) is 0.495. The minimum absolute atomic E-state index is 0.0259.